The number of H-pyrrole nitrogens is 1. The number of hydrogen-bond acceptors (Lipinski definition) is 18. The summed E-state index contributed by atoms with van der Waals surface area (Å²) in [5.74, 6) is -3.88. The topological polar surface area (TPSA) is 343 Å². The smallest absolute Gasteiger partial charge is 0.550 e. The molecule has 1 aliphatic carbocycles. The molecule has 1 unspecified atom stereocenters. The number of aromatic carboxylic acids is 2. The van der Waals surface area contributed by atoms with Crippen LogP contribution in [-0.2, 0) is 114 Å². The molecule has 9 aromatic rings. The van der Waals surface area contributed by atoms with Crippen LogP contribution in [0.1, 0.15) is 334 Å². The summed E-state index contributed by atoms with van der Waals surface area (Å²) in [7, 11) is 0. The third kappa shape index (κ3) is 63.0. The number of phenolic OH excluding ortho intramolecular Hbond substituents is 2. The number of hydrogen-bond donors (Lipinski definition) is 3. The zero-order valence-corrected chi connectivity index (χ0v) is 94.4. The second kappa shape index (κ2) is 83.0. The summed E-state index contributed by atoms with van der Waals surface area (Å²) in [5, 5.41) is 86.4. The fraction of sp³-hybridized carbons (Fsp3) is 0.462. The van der Waals surface area contributed by atoms with E-state index in [0.29, 0.717) is 42.9 Å². The number of ketones is 2. The number of aryl methyl sites for hydroxylation is 7. The van der Waals surface area contributed by atoms with Gasteiger partial charge in [0.05, 0.1) is 11.9 Å². The van der Waals surface area contributed by atoms with Gasteiger partial charge in [0.15, 0.2) is 5.82 Å². The van der Waals surface area contributed by atoms with Crippen molar-refractivity contribution < 1.29 is 247 Å². The van der Waals surface area contributed by atoms with Crippen molar-refractivity contribution in [1.82, 2.24) is 25.6 Å². The molecule has 2 heterocycles. The van der Waals surface area contributed by atoms with Crippen LogP contribution < -0.4 is 203 Å². The summed E-state index contributed by atoms with van der Waals surface area (Å²) < 4.78 is 0. The van der Waals surface area contributed by atoms with Gasteiger partial charge in [0, 0.05) is 72.9 Å². The van der Waals surface area contributed by atoms with Gasteiger partial charge in [-0.15, -0.1) is 10.2 Å². The molecule has 25 heteroatoms. The number of carbonyl (C=O) groups excluding carboxylic acids is 7. The molecule has 1 aliphatic rings. The number of nitrogens with one attached hydrogen (secondary N) is 1. The number of rotatable bonds is 45. The van der Waals surface area contributed by atoms with Crippen LogP contribution in [0, 0.1) is 5.92 Å². The number of pyridine rings is 1. The van der Waals surface area contributed by atoms with Crippen molar-refractivity contribution in [3.63, 3.8) is 0 Å². The van der Waals surface area contributed by atoms with Gasteiger partial charge in [0.1, 0.15) is 23.1 Å². The Morgan fingerprint density at radius 2 is 0.840 bits per heavy atom. The predicted molar refractivity (Wildman–Crippen MR) is 492 cm³/mol. The summed E-state index contributed by atoms with van der Waals surface area (Å²) >= 11 is 0. The van der Waals surface area contributed by atoms with E-state index in [-0.39, 0.29) is 219 Å². The Bertz CT molecular complexity index is 4600. The Morgan fingerprint density at radius 1 is 0.382 bits per heavy atom. The molecule has 0 saturated carbocycles. The normalized spacial score (nSPS) is 10.9. The molecule has 0 radical (unpaired) electrons. The average molecular weight is 1850 g/mol. The van der Waals surface area contributed by atoms with E-state index in [2.05, 4.69) is 130 Å². The molecule has 0 spiro atoms. The van der Waals surface area contributed by atoms with Crippen LogP contribution in [-0.4, -0.2) is 77.2 Å². The zero-order valence-electron chi connectivity index (χ0n) is 82.4. The third-order valence-corrected chi connectivity index (χ3v) is 20.8. The standard InChI is InChI=1S/C14H18O2.2C14H20O2.C14H18O2.C13H18N4.C13H18O2.C12H17NO2.C12H16O2.6Na/c1-2-3-4-10-5-6-11-8-13(14(15)16)9-12(11)7-10;1-3-4-5-7-12-8-6-9-13(14(12)16)10-11(2)15;1-3-4-5-6-13-10-12(9-11(2)15)7-8-14(13)16;1-2-3-4-5-7-12-8-6-9-13(10-12)11-14(15)16;1-2-3-4-6-11-7-5-8-12(9-11)10-13-14-16-17-15-13;1-2-3-4-5-7-11-8-6-9-12(10-11)13(14)15;1-2-3-4-6-10-7-5-8-11(13-10)9-12(14)15;1-2-3-4-5-10-6-8-11(9-7-10)12(13)14;;;;;;/h5-7,13H,2-4,8-9H2,1H3,(H,15,16);6,8-9,16H,3-5,7,10H2,1-2H3;7-8,10,16H,3-6,9H2,1-2H3;5-10H,2-4,11H2,1H3,(H,15,16);5,7-9H,2-4,6,10H2,1H3,(H,14,15,16,17);6,8-10H,2-5,7H2,1H3,(H,14,15);5,7-8H,2-4,6,9H2,1H3,(H,14,15);6-9H,2-5H2,1H3,(H,13,14);;;;;;/q;;;;;;;;6*+1/p-5/b;;;7-5+;;;;;;;;;;. The maximum Gasteiger partial charge on any atom is 1.00 e. The number of para-hydroxylation sites is 1. The average Bonchev–Trinajstić information content (AvgIpc) is 1.68. The number of benzene rings is 7. The zero-order chi connectivity index (χ0) is 91.8. The number of Topliss-reactive ketones (excluding diaryl/α,β-unsaturated/α-hetero) is 2. The van der Waals surface area contributed by atoms with Gasteiger partial charge in [-0.2, -0.15) is 5.21 Å². The second-order valence-electron chi connectivity index (χ2n) is 32.2. The maximum absolute atomic E-state index is 11.0. The van der Waals surface area contributed by atoms with E-state index in [1.54, 1.807) is 62.4 Å². The second-order valence-corrected chi connectivity index (χ2v) is 32.2. The molecule has 19 nitrogen and oxygen atoms in total. The molecule has 0 fully saturated rings. The minimum atomic E-state index is -1.11. The van der Waals surface area contributed by atoms with Crippen molar-refractivity contribution in [3.05, 3.63) is 277 Å². The fourth-order valence-corrected chi connectivity index (χ4v) is 13.9. The minimum Gasteiger partial charge on any atom is -0.550 e. The number of phenols is 2. The number of carboxylic acids is 5. The van der Waals surface area contributed by atoms with Gasteiger partial charge < -0.3 is 59.7 Å². The van der Waals surface area contributed by atoms with Crippen LogP contribution in [0.3, 0.4) is 0 Å². The van der Waals surface area contributed by atoms with Gasteiger partial charge in [0.25, 0.3) is 0 Å². The molecule has 678 valence electrons. The van der Waals surface area contributed by atoms with E-state index < -0.39 is 29.8 Å². The number of allylic oxidation sites excluding steroid dienone is 1. The molecule has 1 atom stereocenters. The number of aromatic amines is 1. The number of carboxylic acid groups (broad SMARTS) is 5. The first kappa shape index (κ1) is 132. The van der Waals surface area contributed by atoms with Gasteiger partial charge in [-0.3, -0.25) is 14.6 Å². The Labute approximate surface area is 916 Å². The van der Waals surface area contributed by atoms with Gasteiger partial charge in [-0.25, -0.2) is 0 Å². The Hall–Kier alpha value is -5.21. The Kier molecular flexibility index (Phi) is 83.7. The van der Waals surface area contributed by atoms with Crippen LogP contribution in [0.2, 0.25) is 0 Å². The molecular weight excluding hydrogens is 1710 g/mol. The molecule has 0 amide bonds. The first-order chi connectivity index (χ1) is 60.3. The van der Waals surface area contributed by atoms with Crippen molar-refractivity contribution in [2.45, 2.75) is 313 Å². The first-order valence-corrected chi connectivity index (χ1v) is 45.7. The molecule has 131 heavy (non-hydrogen) atoms. The van der Waals surface area contributed by atoms with Crippen LogP contribution >= 0.6 is 0 Å². The van der Waals surface area contributed by atoms with Crippen molar-refractivity contribution in [2.75, 3.05) is 0 Å². The summed E-state index contributed by atoms with van der Waals surface area (Å²) in [4.78, 5) is 79.0. The number of nitrogens with zero attached hydrogens (tertiary/aromatic N) is 4. The molecule has 2 aromatic heterocycles. The van der Waals surface area contributed by atoms with Crippen LogP contribution in [0.15, 0.2) is 176 Å². The minimum absolute atomic E-state index is 0. The molecule has 7 aromatic carbocycles. The molecule has 10 rings (SSSR count). The van der Waals surface area contributed by atoms with Crippen molar-refractivity contribution in [3.8, 4) is 11.5 Å². The molecule has 0 bridgehead atoms. The Balaban J connectivity index is -0.000000699. The van der Waals surface area contributed by atoms with E-state index in [1.165, 1.54) is 155 Å². The largest absolute Gasteiger partial charge is 1.00 e. The number of aromatic nitrogens is 5. The van der Waals surface area contributed by atoms with Gasteiger partial charge in [-0.1, -0.05) is 321 Å². The van der Waals surface area contributed by atoms with E-state index in [1.807, 2.05) is 84.9 Å². The number of tetrazole rings is 1. The number of carbonyl (C=O) groups is 7. The number of aliphatic carboxylic acids is 3. The molecular formula is C106H140N5Na6O14+. The summed E-state index contributed by atoms with van der Waals surface area (Å²) in [6, 6.07) is 53.2. The quantitative estimate of drug-likeness (QED) is 0.0329. The fourth-order valence-electron chi connectivity index (χ4n) is 13.9. The summed E-state index contributed by atoms with van der Waals surface area (Å²) in [6.07, 6.45) is 42.3. The van der Waals surface area contributed by atoms with E-state index in [0.717, 1.165) is 134 Å². The SMILES string of the molecule is CCCC/C=C/c1cccc(CC(=O)[O-])c1.CCCCCCc1cccc(C(=O)[O-])c1.CCCCCc1cc(CC(C)=O)ccc1O.CCCCCc1ccc(C(=O)[O-])cc1.CCCCCc1cccc(CC(=O)[O-])n1.CCCCCc1cccc(CC(C)=O)c1O.CCCCCc1cccc(Cc2nn[nH]n2)c1.CCCCc1ccc2c(c1)CC(C(=O)[O-])C2.[Na+].[Na+].[Na+].[Na+].[Na+].[Na+]. The predicted octanol–water partition coefficient (Wildman–Crippen LogP) is -0.201. The van der Waals surface area contributed by atoms with Crippen LogP contribution in [0.5, 0.6) is 11.5 Å². The van der Waals surface area contributed by atoms with E-state index in [9.17, 15) is 69.3 Å². The Morgan fingerprint density at radius 3 is 1.40 bits per heavy atom. The first-order valence-electron chi connectivity index (χ1n) is 45.7. The van der Waals surface area contributed by atoms with Crippen LogP contribution in [0.25, 0.3) is 6.08 Å². The summed E-state index contributed by atoms with van der Waals surface area (Å²) in [5.41, 5.74) is 16.3. The molecule has 0 aliphatic heterocycles. The number of unbranched alkanes of at least 4 members (excludes halogenated alkanes) is 16. The van der Waals surface area contributed by atoms with Gasteiger partial charge >= 0.3 is 177 Å². The number of aromatic hydroxyl groups is 2. The van der Waals surface area contributed by atoms with Crippen molar-refractivity contribution in [1.29, 1.82) is 0 Å². The third-order valence-electron chi connectivity index (χ3n) is 20.8. The monoisotopic (exact) mass is 1840 g/mol. The van der Waals surface area contributed by atoms with Crippen LogP contribution in [0.4, 0.5) is 0 Å². The number of fused-ring (bicyclic) bond motifs is 1. The van der Waals surface area contributed by atoms with E-state index in [4.69, 9.17) is 0 Å². The maximum atomic E-state index is 11.0. The van der Waals surface area contributed by atoms with Crippen molar-refractivity contribution in [2.24, 2.45) is 5.92 Å². The summed E-state index contributed by atoms with van der Waals surface area (Å²) in [6.45, 7) is 20.5. The van der Waals surface area contributed by atoms with E-state index >= 15 is 0 Å². The molecule has 3 N–H and O–H groups in total. The van der Waals surface area contributed by atoms with Gasteiger partial charge in [-0.05, 0) is 225 Å². The molecule has 0 saturated heterocycles. The van der Waals surface area contributed by atoms with Gasteiger partial charge in [0.2, 0.25) is 0 Å². The van der Waals surface area contributed by atoms with Crippen molar-refractivity contribution >= 4 is 47.5 Å².